The predicted octanol–water partition coefficient (Wildman–Crippen LogP) is 4.15. The van der Waals surface area contributed by atoms with Gasteiger partial charge in [0.25, 0.3) is 0 Å². The van der Waals surface area contributed by atoms with Gasteiger partial charge in [-0.1, -0.05) is 32.9 Å². The Bertz CT molecular complexity index is 294. The zero-order valence-corrected chi connectivity index (χ0v) is 12.3. The quantitative estimate of drug-likeness (QED) is 0.725. The van der Waals surface area contributed by atoms with Crippen molar-refractivity contribution in [2.75, 3.05) is 0 Å². The molecule has 2 aliphatic rings. The molecule has 1 N–H and O–H groups in total. The summed E-state index contributed by atoms with van der Waals surface area (Å²) in [4.78, 5) is 0. The normalized spacial score (nSPS) is 31.0. The average molecular weight is 235 g/mol. The number of hydrogen-bond acceptors (Lipinski definition) is 1. The molecule has 2 saturated carbocycles. The van der Waals surface area contributed by atoms with Gasteiger partial charge in [0.05, 0.1) is 0 Å². The van der Waals surface area contributed by atoms with E-state index in [4.69, 9.17) is 0 Å². The molecule has 0 amide bonds. The van der Waals surface area contributed by atoms with Crippen LogP contribution in [0.5, 0.6) is 0 Å². The van der Waals surface area contributed by atoms with Crippen LogP contribution in [0.2, 0.25) is 0 Å². The van der Waals surface area contributed by atoms with Gasteiger partial charge in [-0.3, -0.25) is 0 Å². The fraction of sp³-hybridized carbons (Fsp3) is 0.875. The second-order valence-corrected chi connectivity index (χ2v) is 7.95. The SMILES string of the molecule is C=C1CC(C(C)(C)NC2CC(C(C)(C)C)C2)C1. The van der Waals surface area contributed by atoms with Crippen LogP contribution < -0.4 is 5.32 Å². The molecule has 0 saturated heterocycles. The predicted molar refractivity (Wildman–Crippen MR) is 75.0 cm³/mol. The van der Waals surface area contributed by atoms with Gasteiger partial charge in [-0.25, -0.2) is 0 Å². The highest BCUT2D eigenvalue weighted by molar-refractivity contribution is 5.13. The van der Waals surface area contributed by atoms with Gasteiger partial charge in [0.2, 0.25) is 0 Å². The van der Waals surface area contributed by atoms with Gasteiger partial charge in [-0.15, -0.1) is 0 Å². The van der Waals surface area contributed by atoms with E-state index in [1.807, 2.05) is 0 Å². The van der Waals surface area contributed by atoms with Gasteiger partial charge < -0.3 is 5.32 Å². The fourth-order valence-corrected chi connectivity index (χ4v) is 3.23. The van der Waals surface area contributed by atoms with Crippen LogP contribution in [0.25, 0.3) is 0 Å². The lowest BCUT2D eigenvalue weighted by atomic mass is 9.64. The van der Waals surface area contributed by atoms with Crippen molar-refractivity contribution in [1.82, 2.24) is 5.32 Å². The lowest BCUT2D eigenvalue weighted by Crippen LogP contribution is -2.57. The summed E-state index contributed by atoms with van der Waals surface area (Å²) in [5.74, 6) is 1.72. The maximum atomic E-state index is 4.05. The third kappa shape index (κ3) is 2.76. The molecule has 0 aliphatic heterocycles. The Kier molecular flexibility index (Phi) is 3.18. The first kappa shape index (κ1) is 13.1. The Hall–Kier alpha value is -0.300. The molecular weight excluding hydrogens is 206 g/mol. The van der Waals surface area contributed by atoms with Crippen molar-refractivity contribution in [1.29, 1.82) is 0 Å². The van der Waals surface area contributed by atoms with Gasteiger partial charge in [0.15, 0.2) is 0 Å². The van der Waals surface area contributed by atoms with Crippen LogP contribution in [-0.2, 0) is 0 Å². The molecule has 0 atom stereocenters. The highest BCUT2D eigenvalue weighted by Gasteiger charge is 2.42. The summed E-state index contributed by atoms with van der Waals surface area (Å²) in [5, 5.41) is 3.88. The molecule has 2 aliphatic carbocycles. The molecule has 98 valence electrons. The Morgan fingerprint density at radius 3 is 1.94 bits per heavy atom. The van der Waals surface area contributed by atoms with E-state index in [-0.39, 0.29) is 0 Å². The van der Waals surface area contributed by atoms with E-state index in [2.05, 4.69) is 46.5 Å². The molecule has 2 rings (SSSR count). The molecule has 0 aromatic carbocycles. The molecule has 0 radical (unpaired) electrons. The minimum atomic E-state index is 0.300. The van der Waals surface area contributed by atoms with E-state index in [0.29, 0.717) is 11.0 Å². The largest absolute Gasteiger partial charge is 0.309 e. The van der Waals surface area contributed by atoms with E-state index >= 15 is 0 Å². The summed E-state index contributed by atoms with van der Waals surface area (Å²) < 4.78 is 0. The van der Waals surface area contributed by atoms with Crippen molar-refractivity contribution < 1.29 is 0 Å². The van der Waals surface area contributed by atoms with Gasteiger partial charge in [0.1, 0.15) is 0 Å². The third-order valence-corrected chi connectivity index (χ3v) is 5.03. The smallest absolute Gasteiger partial charge is 0.0162 e. The van der Waals surface area contributed by atoms with Gasteiger partial charge in [-0.2, -0.15) is 0 Å². The summed E-state index contributed by atoms with van der Waals surface area (Å²) >= 11 is 0. The molecular formula is C16H29N. The average Bonchev–Trinajstić information content (AvgIpc) is 2.03. The van der Waals surface area contributed by atoms with Crippen LogP contribution >= 0.6 is 0 Å². The Balaban J connectivity index is 1.78. The maximum Gasteiger partial charge on any atom is 0.0162 e. The lowest BCUT2D eigenvalue weighted by Gasteiger charge is -2.50. The number of nitrogens with one attached hydrogen (secondary N) is 1. The zero-order valence-electron chi connectivity index (χ0n) is 12.3. The molecule has 2 fully saturated rings. The topological polar surface area (TPSA) is 12.0 Å². The van der Waals surface area contributed by atoms with Gasteiger partial charge in [0, 0.05) is 11.6 Å². The van der Waals surface area contributed by atoms with E-state index < -0.39 is 0 Å². The molecule has 0 spiro atoms. The Labute approximate surface area is 107 Å². The monoisotopic (exact) mass is 235 g/mol. The second-order valence-electron chi connectivity index (χ2n) is 7.95. The van der Waals surface area contributed by atoms with Gasteiger partial charge >= 0.3 is 0 Å². The Morgan fingerprint density at radius 1 is 1.00 bits per heavy atom. The molecule has 0 aromatic heterocycles. The molecule has 0 heterocycles. The molecule has 1 heteroatoms. The fourth-order valence-electron chi connectivity index (χ4n) is 3.23. The first-order valence-electron chi connectivity index (χ1n) is 7.13. The van der Waals surface area contributed by atoms with E-state index in [9.17, 15) is 0 Å². The summed E-state index contributed by atoms with van der Waals surface area (Å²) in [6.45, 7) is 15.9. The Morgan fingerprint density at radius 2 is 1.53 bits per heavy atom. The van der Waals surface area contributed by atoms with Crippen molar-refractivity contribution in [2.45, 2.75) is 71.9 Å². The summed E-state index contributed by atoms with van der Waals surface area (Å²) in [6, 6.07) is 0.753. The molecule has 0 bridgehead atoms. The highest BCUT2D eigenvalue weighted by Crippen LogP contribution is 2.44. The van der Waals surface area contributed by atoms with Crippen LogP contribution in [-0.4, -0.2) is 11.6 Å². The molecule has 0 aromatic rings. The van der Waals surface area contributed by atoms with Crippen LogP contribution in [0.4, 0.5) is 0 Å². The van der Waals surface area contributed by atoms with Crippen LogP contribution in [0.15, 0.2) is 12.2 Å². The molecule has 1 nitrogen and oxygen atoms in total. The third-order valence-electron chi connectivity index (χ3n) is 5.03. The standard InChI is InChI=1S/C16H29N/c1-11-7-13(8-11)16(5,6)17-14-9-12(10-14)15(2,3)4/h12-14,17H,1,7-10H2,2-6H3. The minimum absolute atomic E-state index is 0.300. The van der Waals surface area contributed by atoms with Crippen molar-refractivity contribution in [3.8, 4) is 0 Å². The number of hydrogen-bond donors (Lipinski definition) is 1. The van der Waals surface area contributed by atoms with Crippen LogP contribution in [0.1, 0.15) is 60.3 Å². The zero-order chi connectivity index (χ0) is 12.8. The molecule has 0 unspecified atom stereocenters. The molecule has 17 heavy (non-hydrogen) atoms. The summed E-state index contributed by atoms with van der Waals surface area (Å²) in [6.07, 6.45) is 5.19. The van der Waals surface area contributed by atoms with E-state index in [1.165, 1.54) is 31.3 Å². The first-order chi connectivity index (χ1) is 7.68. The first-order valence-corrected chi connectivity index (χ1v) is 7.13. The maximum absolute atomic E-state index is 4.05. The van der Waals surface area contributed by atoms with Crippen molar-refractivity contribution in [2.24, 2.45) is 17.3 Å². The van der Waals surface area contributed by atoms with Crippen LogP contribution in [0, 0.1) is 17.3 Å². The highest BCUT2D eigenvalue weighted by atomic mass is 15.0. The lowest BCUT2D eigenvalue weighted by molar-refractivity contribution is 0.0642. The summed E-state index contributed by atoms with van der Waals surface area (Å²) in [7, 11) is 0. The van der Waals surface area contributed by atoms with Gasteiger partial charge in [-0.05, 0) is 56.8 Å². The van der Waals surface area contributed by atoms with Crippen molar-refractivity contribution in [3.05, 3.63) is 12.2 Å². The van der Waals surface area contributed by atoms with Crippen LogP contribution in [0.3, 0.4) is 0 Å². The minimum Gasteiger partial charge on any atom is -0.309 e. The number of allylic oxidation sites excluding steroid dienone is 1. The summed E-state index contributed by atoms with van der Waals surface area (Å²) in [5.41, 5.74) is 2.23. The van der Waals surface area contributed by atoms with E-state index in [1.54, 1.807) is 0 Å². The second kappa shape index (κ2) is 4.12. The van der Waals surface area contributed by atoms with Crippen molar-refractivity contribution in [3.63, 3.8) is 0 Å². The number of rotatable bonds is 3. The van der Waals surface area contributed by atoms with E-state index in [0.717, 1.165) is 17.9 Å². The van der Waals surface area contributed by atoms with Crippen molar-refractivity contribution >= 4 is 0 Å².